The minimum atomic E-state index is -0.375. The van der Waals surface area contributed by atoms with Gasteiger partial charge in [0.1, 0.15) is 0 Å². The molecule has 1 saturated heterocycles. The molecule has 2 N–H and O–H groups in total. The molecule has 73 heavy (non-hydrogen) atoms. The quantitative estimate of drug-likeness (QED) is 0.117. The monoisotopic (exact) mass is 1160 g/mol. The van der Waals surface area contributed by atoms with Crippen molar-refractivity contribution in [1.29, 1.82) is 0 Å². The summed E-state index contributed by atoms with van der Waals surface area (Å²) in [5, 5.41) is 22.2. The molecule has 2 atom stereocenters. The SMILES string of the molecule is CC(O)CC(C)O.CN(C)B1B(N(C)C)N(c2ccc(-n3c4cc(C(C)(C)C)ccc4c4ccc(C(C)(C)C)cc43)cc2)[C](=[Pt])N1c1[c-]cc(-n2c3cc(C(C)(C)C)ccc3c3ccc(C(C)(C)C)cc32)cc1. The molecule has 6 aromatic carbocycles. The standard InChI is InChI=1S/C57H67B2N6.C5H12O2.Pt/c1-54(2,3)38-17-29-46-47-30-18-39(55(4,5)6)34-51(47)64(50(46)33-38)44-25-21-42(22-26-44)62-37-63(59(61(15)16)58(62)60(13)14)43-23-27-45(28-24-43)65-52-35-40(56(7,8)9)19-31-48(52)49-32-20-41(36-53(49)65)57(10,11)12;1-4(6)3-5(2)7;/h17-23,25-36H,1-16H3;4-7H,3H2,1-2H3;/q-1;;. The zero-order chi connectivity index (χ0) is 53.4. The maximum atomic E-state index is 8.56. The summed E-state index contributed by atoms with van der Waals surface area (Å²) in [6, 6.07) is 48.0. The predicted octanol–water partition coefficient (Wildman–Crippen LogP) is 13.1. The Hall–Kier alpha value is -4.95. The van der Waals surface area contributed by atoms with E-state index in [0.717, 1.165) is 26.9 Å². The van der Waals surface area contributed by atoms with Crippen molar-refractivity contribution in [3.63, 3.8) is 0 Å². The summed E-state index contributed by atoms with van der Waals surface area (Å²) in [5.41, 5.74) is 14.8. The molecule has 0 amide bonds. The Kier molecular flexibility index (Phi) is 14.9. The first kappa shape index (κ1) is 54.3. The van der Waals surface area contributed by atoms with Crippen LogP contribution in [0.4, 0.5) is 11.4 Å². The molecule has 2 unspecified atom stereocenters. The number of hydrogen-bond acceptors (Lipinski definition) is 6. The summed E-state index contributed by atoms with van der Waals surface area (Å²) in [6.45, 7) is 30.9. The van der Waals surface area contributed by atoms with Crippen LogP contribution in [0.3, 0.4) is 0 Å². The van der Waals surface area contributed by atoms with Gasteiger partial charge in [0.25, 0.3) is 0 Å². The van der Waals surface area contributed by atoms with E-state index >= 15 is 0 Å². The molecule has 0 bridgehead atoms. The van der Waals surface area contributed by atoms with Crippen LogP contribution in [0.1, 0.15) is 126 Å². The zero-order valence-corrected chi connectivity index (χ0v) is 49.2. The predicted molar refractivity (Wildman–Crippen MR) is 312 cm³/mol. The molecule has 1 fully saturated rings. The summed E-state index contributed by atoms with van der Waals surface area (Å²) >= 11 is 2.55. The fourth-order valence-corrected chi connectivity index (χ4v) is 11.6. The van der Waals surface area contributed by atoms with Crippen LogP contribution in [0.15, 0.2) is 115 Å². The molecular formula is C62H79B2N6O2Pt-. The molecule has 8 aromatic rings. The Balaban J connectivity index is 0.000000948. The molecule has 9 rings (SSSR count). The van der Waals surface area contributed by atoms with Gasteiger partial charge in [0, 0.05) is 0 Å². The second-order valence-corrected chi connectivity index (χ2v) is 26.2. The van der Waals surface area contributed by atoms with Crippen molar-refractivity contribution in [2.75, 3.05) is 37.8 Å². The molecule has 1 aliphatic heterocycles. The van der Waals surface area contributed by atoms with Crippen molar-refractivity contribution < 1.29 is 29.6 Å². The van der Waals surface area contributed by atoms with Crippen molar-refractivity contribution in [2.45, 2.75) is 137 Å². The normalized spacial score (nSPS) is 15.0. The number of fused-ring (bicyclic) bond motifs is 6. The van der Waals surface area contributed by atoms with E-state index in [4.69, 9.17) is 10.2 Å². The number of hydrogen-bond donors (Lipinski definition) is 2. The minimum absolute atomic E-state index is 0.00942. The Labute approximate surface area is 448 Å². The van der Waals surface area contributed by atoms with E-state index in [1.807, 2.05) is 0 Å². The van der Waals surface area contributed by atoms with Gasteiger partial charge < -0.3 is 10.2 Å². The Bertz CT molecular complexity index is 2940. The summed E-state index contributed by atoms with van der Waals surface area (Å²) < 4.78 is 6.07. The van der Waals surface area contributed by atoms with Crippen LogP contribution < -0.4 is 9.62 Å². The summed E-state index contributed by atoms with van der Waals surface area (Å²) in [6.07, 6.45) is -0.278. The average molecular weight is 1160 g/mol. The fraction of sp³-hybridized carbons (Fsp3) is 0.403. The Morgan fingerprint density at radius 1 is 0.466 bits per heavy atom. The van der Waals surface area contributed by atoms with E-state index in [9.17, 15) is 0 Å². The van der Waals surface area contributed by atoms with Crippen molar-refractivity contribution in [1.82, 2.24) is 18.8 Å². The zero-order valence-electron chi connectivity index (χ0n) is 46.9. The van der Waals surface area contributed by atoms with Crippen LogP contribution in [0.25, 0.3) is 55.0 Å². The van der Waals surface area contributed by atoms with Gasteiger partial charge in [0.15, 0.2) is 0 Å². The molecule has 0 saturated carbocycles. The van der Waals surface area contributed by atoms with Gasteiger partial charge in [0.2, 0.25) is 0 Å². The van der Waals surface area contributed by atoms with Gasteiger partial charge in [-0.2, -0.15) is 0 Å². The van der Waals surface area contributed by atoms with Crippen LogP contribution in [-0.2, 0) is 41.0 Å². The molecule has 0 radical (unpaired) electrons. The van der Waals surface area contributed by atoms with Crippen molar-refractivity contribution in [2.24, 2.45) is 0 Å². The fourth-order valence-electron chi connectivity index (χ4n) is 10.5. The van der Waals surface area contributed by atoms with Gasteiger partial charge in [-0.3, -0.25) is 0 Å². The topological polar surface area (TPSA) is 63.3 Å². The van der Waals surface area contributed by atoms with Gasteiger partial charge in [-0.1, -0.05) is 0 Å². The second kappa shape index (κ2) is 20.0. The van der Waals surface area contributed by atoms with Gasteiger partial charge >= 0.3 is 409 Å². The third-order valence-corrected chi connectivity index (χ3v) is 15.7. The van der Waals surface area contributed by atoms with Crippen molar-refractivity contribution in [3.8, 4) is 11.4 Å². The van der Waals surface area contributed by atoms with E-state index in [0.29, 0.717) is 6.42 Å². The van der Waals surface area contributed by atoms with E-state index in [1.54, 1.807) is 13.8 Å². The number of benzene rings is 6. The first-order valence-corrected chi connectivity index (χ1v) is 27.2. The third-order valence-electron chi connectivity index (χ3n) is 14.6. The van der Waals surface area contributed by atoms with Crippen LogP contribution in [0.5, 0.6) is 0 Å². The van der Waals surface area contributed by atoms with Crippen LogP contribution in [0.2, 0.25) is 0 Å². The number of aromatic nitrogens is 2. The van der Waals surface area contributed by atoms with E-state index in [1.165, 1.54) is 65.9 Å². The number of anilines is 2. The number of aliphatic hydroxyl groups excluding tert-OH is 2. The maximum absolute atomic E-state index is 8.56. The Morgan fingerprint density at radius 3 is 1.07 bits per heavy atom. The molecule has 11 heteroatoms. The molecule has 2 aromatic heterocycles. The van der Waals surface area contributed by atoms with Crippen molar-refractivity contribution in [3.05, 3.63) is 144 Å². The van der Waals surface area contributed by atoms with Gasteiger partial charge in [0.05, 0.1) is 12.2 Å². The van der Waals surface area contributed by atoms with Gasteiger partial charge in [-0.25, -0.2) is 0 Å². The third kappa shape index (κ3) is 10.7. The summed E-state index contributed by atoms with van der Waals surface area (Å²) in [4.78, 5) is 9.64. The van der Waals surface area contributed by atoms with Crippen LogP contribution in [0, 0.1) is 6.07 Å². The van der Waals surface area contributed by atoms with Crippen molar-refractivity contribution >= 4 is 72.9 Å². The average Bonchev–Trinajstić information content (AvgIpc) is 3.92. The second-order valence-electron chi connectivity index (χ2n) is 25.2. The number of rotatable bonds is 8. The molecule has 8 nitrogen and oxygen atoms in total. The number of nitrogens with zero attached hydrogens (tertiary/aromatic N) is 6. The molecule has 386 valence electrons. The molecular weight excluding hydrogens is 1080 g/mol. The van der Waals surface area contributed by atoms with E-state index in [-0.39, 0.29) is 47.6 Å². The van der Waals surface area contributed by atoms with Crippen LogP contribution in [-0.4, -0.2) is 87.3 Å². The first-order valence-electron chi connectivity index (χ1n) is 26.0. The summed E-state index contributed by atoms with van der Waals surface area (Å²) in [5.74, 6) is 0. The Morgan fingerprint density at radius 2 is 0.781 bits per heavy atom. The molecule has 3 heterocycles. The molecule has 0 spiro atoms. The summed E-state index contributed by atoms with van der Waals surface area (Å²) in [7, 11) is 8.77. The van der Waals surface area contributed by atoms with E-state index in [2.05, 4.69) is 280 Å². The first-order chi connectivity index (χ1) is 34.0. The van der Waals surface area contributed by atoms with E-state index < -0.39 is 0 Å². The number of aliphatic hydroxyl groups is 2. The molecule has 1 aliphatic rings. The van der Waals surface area contributed by atoms with Gasteiger partial charge in [-0.05, 0) is 20.3 Å². The van der Waals surface area contributed by atoms with Gasteiger partial charge in [-0.15, -0.1) is 0 Å². The molecule has 0 aliphatic carbocycles. The van der Waals surface area contributed by atoms with Crippen LogP contribution >= 0.6 is 0 Å².